The Morgan fingerprint density at radius 2 is 1.91 bits per heavy atom. The highest BCUT2D eigenvalue weighted by atomic mass is 32.2. The number of hydrogen-bond acceptors (Lipinski definition) is 5. The molecule has 1 saturated carbocycles. The van der Waals surface area contributed by atoms with E-state index in [1.165, 1.54) is 35.3 Å². The number of rotatable bonds is 7. The lowest BCUT2D eigenvalue weighted by atomic mass is 10.0. The first kappa shape index (κ1) is 24.1. The molecule has 4 rings (SSSR count). The predicted molar refractivity (Wildman–Crippen MR) is 126 cm³/mol. The van der Waals surface area contributed by atoms with Gasteiger partial charge in [-0.25, -0.2) is 12.8 Å². The summed E-state index contributed by atoms with van der Waals surface area (Å²) in [6.45, 7) is 5.36. The van der Waals surface area contributed by atoms with Gasteiger partial charge in [-0.05, 0) is 68.1 Å². The third-order valence-corrected chi connectivity index (χ3v) is 8.60. The second kappa shape index (κ2) is 9.70. The van der Waals surface area contributed by atoms with Crippen molar-refractivity contribution in [2.24, 2.45) is 11.8 Å². The van der Waals surface area contributed by atoms with Gasteiger partial charge in [-0.15, -0.1) is 0 Å². The minimum atomic E-state index is -3.89. The summed E-state index contributed by atoms with van der Waals surface area (Å²) in [7, 11) is -1.82. The lowest BCUT2D eigenvalue weighted by molar-refractivity contribution is 0.0741. The third-order valence-electron chi connectivity index (χ3n) is 6.58. The normalized spacial score (nSPS) is 23.9. The molecule has 2 aromatic rings. The molecule has 1 fully saturated rings. The van der Waals surface area contributed by atoms with Crippen LogP contribution >= 0.6 is 0 Å². The van der Waals surface area contributed by atoms with E-state index in [1.807, 2.05) is 6.92 Å². The van der Waals surface area contributed by atoms with E-state index in [2.05, 4.69) is 11.9 Å². The van der Waals surface area contributed by atoms with Crippen LogP contribution in [-0.2, 0) is 10.0 Å². The number of sulfonamides is 1. The van der Waals surface area contributed by atoms with E-state index in [0.717, 1.165) is 12.5 Å². The van der Waals surface area contributed by atoms with Crippen LogP contribution in [0.25, 0.3) is 11.1 Å². The average Bonchev–Trinajstić information content (AvgIpc) is 3.59. The summed E-state index contributed by atoms with van der Waals surface area (Å²) in [5.41, 5.74) is 1.33. The Bertz CT molecular complexity index is 1090. The van der Waals surface area contributed by atoms with Crippen LogP contribution in [0, 0.1) is 17.7 Å². The molecule has 1 aliphatic carbocycles. The van der Waals surface area contributed by atoms with Crippen LogP contribution < -0.4 is 4.74 Å². The van der Waals surface area contributed by atoms with E-state index in [-0.39, 0.29) is 41.6 Å². The van der Waals surface area contributed by atoms with E-state index in [1.54, 1.807) is 31.2 Å². The predicted octanol–water partition coefficient (Wildman–Crippen LogP) is 3.60. The highest BCUT2D eigenvalue weighted by Gasteiger charge is 2.38. The van der Waals surface area contributed by atoms with E-state index in [9.17, 15) is 17.9 Å². The molecule has 180 valence electrons. The number of halogens is 1. The Morgan fingerprint density at radius 1 is 1.18 bits per heavy atom. The van der Waals surface area contributed by atoms with Crippen molar-refractivity contribution in [2.45, 2.75) is 43.7 Å². The molecule has 0 amide bonds. The molecular weight excluding hydrogens is 443 g/mol. The maximum atomic E-state index is 13.8. The fourth-order valence-electron chi connectivity index (χ4n) is 4.41. The monoisotopic (exact) mass is 476 g/mol. The van der Waals surface area contributed by atoms with Gasteiger partial charge in [-0.1, -0.05) is 25.1 Å². The molecule has 0 radical (unpaired) electrons. The van der Waals surface area contributed by atoms with Gasteiger partial charge in [0.05, 0.1) is 6.61 Å². The highest BCUT2D eigenvalue weighted by molar-refractivity contribution is 7.89. The maximum absolute atomic E-state index is 13.8. The van der Waals surface area contributed by atoms with Gasteiger partial charge >= 0.3 is 0 Å². The van der Waals surface area contributed by atoms with Crippen LogP contribution in [0.15, 0.2) is 47.4 Å². The van der Waals surface area contributed by atoms with E-state index in [0.29, 0.717) is 17.7 Å². The molecule has 2 aliphatic rings. The lowest BCUT2D eigenvalue weighted by Gasteiger charge is -2.37. The van der Waals surface area contributed by atoms with Crippen molar-refractivity contribution in [2.75, 3.05) is 33.3 Å². The number of aliphatic hydroxyl groups is 1. The van der Waals surface area contributed by atoms with Crippen LogP contribution in [0.4, 0.5) is 4.39 Å². The van der Waals surface area contributed by atoms with Crippen LogP contribution in [0.3, 0.4) is 0 Å². The van der Waals surface area contributed by atoms with Gasteiger partial charge in [0.1, 0.15) is 22.6 Å². The highest BCUT2D eigenvalue weighted by Crippen LogP contribution is 2.37. The number of nitrogens with zero attached hydrogens (tertiary/aromatic N) is 2. The Balaban J connectivity index is 1.75. The molecule has 1 aliphatic heterocycles. The first-order chi connectivity index (χ1) is 15.7. The first-order valence-electron chi connectivity index (χ1n) is 11.6. The van der Waals surface area contributed by atoms with Crippen LogP contribution in [-0.4, -0.2) is 68.2 Å². The number of aliphatic hydroxyl groups excluding tert-OH is 1. The third kappa shape index (κ3) is 5.40. The minimum Gasteiger partial charge on any atom is -0.487 e. The first-order valence-corrected chi connectivity index (χ1v) is 13.0. The number of fused-ring (bicyclic) bond motifs is 1. The molecule has 0 aromatic heterocycles. The molecule has 0 bridgehead atoms. The fourth-order valence-corrected chi connectivity index (χ4v) is 6.24. The van der Waals surface area contributed by atoms with E-state index < -0.39 is 16.1 Å². The molecule has 0 saturated heterocycles. The minimum absolute atomic E-state index is 0.0738. The second-order valence-corrected chi connectivity index (χ2v) is 11.4. The summed E-state index contributed by atoms with van der Waals surface area (Å²) < 4.78 is 48.8. The van der Waals surface area contributed by atoms with Crippen molar-refractivity contribution >= 4 is 10.0 Å². The van der Waals surface area contributed by atoms with Crippen molar-refractivity contribution in [1.82, 2.24) is 9.21 Å². The van der Waals surface area contributed by atoms with Gasteiger partial charge in [0.25, 0.3) is 0 Å². The zero-order chi connectivity index (χ0) is 23.8. The molecule has 2 aromatic carbocycles. The van der Waals surface area contributed by atoms with Gasteiger partial charge in [0.15, 0.2) is 0 Å². The molecule has 0 spiro atoms. The molecule has 8 heteroatoms. The summed E-state index contributed by atoms with van der Waals surface area (Å²) in [4.78, 5) is 2.33. The summed E-state index contributed by atoms with van der Waals surface area (Å²) in [6.07, 6.45) is 2.27. The van der Waals surface area contributed by atoms with Crippen molar-refractivity contribution in [3.8, 4) is 16.9 Å². The summed E-state index contributed by atoms with van der Waals surface area (Å²) >= 11 is 0. The molecule has 6 nitrogen and oxygen atoms in total. The van der Waals surface area contributed by atoms with E-state index in [4.69, 9.17) is 4.74 Å². The van der Waals surface area contributed by atoms with Crippen LogP contribution in [0.5, 0.6) is 5.75 Å². The Morgan fingerprint density at radius 3 is 2.58 bits per heavy atom. The van der Waals surface area contributed by atoms with Gasteiger partial charge in [0, 0.05) is 31.6 Å². The molecule has 1 N–H and O–H groups in total. The summed E-state index contributed by atoms with van der Waals surface area (Å²) in [6, 6.07) is 10.5. The molecule has 33 heavy (non-hydrogen) atoms. The number of hydrogen-bond donors (Lipinski definition) is 1. The van der Waals surface area contributed by atoms with Crippen LogP contribution in [0.2, 0.25) is 0 Å². The Labute approximate surface area is 196 Å². The maximum Gasteiger partial charge on any atom is 0.247 e. The van der Waals surface area contributed by atoms with E-state index >= 15 is 0 Å². The number of ether oxygens (including phenoxy) is 1. The Hall–Kier alpha value is -2.00. The smallest absolute Gasteiger partial charge is 0.247 e. The van der Waals surface area contributed by atoms with Crippen molar-refractivity contribution in [3.05, 3.63) is 48.3 Å². The largest absolute Gasteiger partial charge is 0.487 e. The number of benzene rings is 2. The second-order valence-electron chi connectivity index (χ2n) is 9.58. The standard InChI is InChI=1S/C25H33FN2O4S/c1-17-13-28(18(2)16-29)33(30,31)25-10-9-21(20-5-4-6-22(26)11-20)12-23(25)32-24(17)15-27(3)14-19-7-8-19/h4-6,9-12,17-19,24,29H,7-8,13-16H2,1-3H3/t17-,18+,24+/m1/s1. The molecule has 1 heterocycles. The lowest BCUT2D eigenvalue weighted by Crippen LogP contribution is -2.49. The van der Waals surface area contributed by atoms with Crippen LogP contribution in [0.1, 0.15) is 26.7 Å². The van der Waals surface area contributed by atoms with Crippen molar-refractivity contribution in [1.29, 1.82) is 0 Å². The fraction of sp³-hybridized carbons (Fsp3) is 0.520. The van der Waals surface area contributed by atoms with Gasteiger partial charge in [0.2, 0.25) is 10.0 Å². The molecule has 3 atom stereocenters. The topological polar surface area (TPSA) is 70.1 Å². The Kier molecular flexibility index (Phi) is 7.09. The SMILES string of the molecule is C[C@@H]1CN([C@@H](C)CO)S(=O)(=O)c2ccc(-c3cccc(F)c3)cc2O[C@H]1CN(C)CC1CC1. The number of likely N-dealkylation sites (N-methyl/N-ethyl adjacent to an activating group) is 1. The molecular formula is C25H33FN2O4S. The zero-order valence-corrected chi connectivity index (χ0v) is 20.3. The molecule has 0 unspecified atom stereocenters. The van der Waals surface area contributed by atoms with Gasteiger partial charge < -0.3 is 14.7 Å². The quantitative estimate of drug-likeness (QED) is 0.661. The van der Waals surface area contributed by atoms with Crippen molar-refractivity contribution < 1.29 is 22.7 Å². The summed E-state index contributed by atoms with van der Waals surface area (Å²) in [5, 5.41) is 9.77. The summed E-state index contributed by atoms with van der Waals surface area (Å²) in [5.74, 6) is 0.547. The average molecular weight is 477 g/mol. The van der Waals surface area contributed by atoms with Gasteiger partial charge in [-0.2, -0.15) is 4.31 Å². The zero-order valence-electron chi connectivity index (χ0n) is 19.4. The van der Waals surface area contributed by atoms with Crippen molar-refractivity contribution in [3.63, 3.8) is 0 Å². The van der Waals surface area contributed by atoms with Gasteiger partial charge in [-0.3, -0.25) is 0 Å².